The van der Waals surface area contributed by atoms with E-state index in [0.29, 0.717) is 45.2 Å². The molecule has 2 aromatic carbocycles. The number of fused-ring (bicyclic) bond motifs is 1. The molecule has 51 heavy (non-hydrogen) atoms. The molecule has 0 saturated carbocycles. The number of aromatic hydroxyl groups is 1. The van der Waals surface area contributed by atoms with Gasteiger partial charge in [-0.2, -0.15) is 0 Å². The maximum absolute atomic E-state index is 14.3. The standard InChI is InChI=1S/C36H42ClN7O7/c1-17(2)23-15-40-24-9-7-6-8-21(24)27(23)22-14-20(10-11-25(22)45)32(47)43-30(28(37)26(46)16-41-36(38)39)34(49)44-13-12-19(5)31(44)33(48)42-29(18(3)4)35(50)51/h6-11,14-15,19,26,28,30-31,45-46H,1,12-13,16H2,2-5H3,(H,42,48)(H,43,47)(H,50,51)(H4,38,39,41)/t19-,26?,28?,30?,31-/m0/s1. The number of phenolic OH excluding ortho intramolecular Hbond substituents is 1. The summed E-state index contributed by atoms with van der Waals surface area (Å²) in [5.41, 5.74) is 13.8. The number of aliphatic hydroxyl groups is 1. The molecule has 1 saturated heterocycles. The lowest BCUT2D eigenvalue weighted by atomic mass is 9.92. The smallest absolute Gasteiger partial charge is 0.352 e. The van der Waals surface area contributed by atoms with E-state index in [2.05, 4.69) is 27.2 Å². The quantitative estimate of drug-likeness (QED) is 0.0626. The third kappa shape index (κ3) is 8.47. The number of carbonyl (C=O) groups is 4. The normalized spacial score (nSPS) is 17.2. The predicted octanol–water partition coefficient (Wildman–Crippen LogP) is 2.71. The number of nitrogens with zero attached hydrogens (tertiary/aromatic N) is 3. The summed E-state index contributed by atoms with van der Waals surface area (Å²) >= 11 is 6.68. The summed E-state index contributed by atoms with van der Waals surface area (Å²) in [6.07, 6.45) is 0.492. The molecule has 0 spiro atoms. The van der Waals surface area contributed by atoms with Crippen LogP contribution in [0.2, 0.25) is 0 Å². The van der Waals surface area contributed by atoms with Gasteiger partial charge in [-0.05, 0) is 68.5 Å². The summed E-state index contributed by atoms with van der Waals surface area (Å²) in [6.45, 7) is 10.3. The number of aliphatic imine (C=N–C) groups is 1. The van der Waals surface area contributed by atoms with Crippen LogP contribution < -0.4 is 22.1 Å². The van der Waals surface area contributed by atoms with E-state index < -0.39 is 59.7 Å². The lowest BCUT2D eigenvalue weighted by Crippen LogP contribution is -2.59. The van der Waals surface area contributed by atoms with Crippen molar-refractivity contribution in [2.75, 3.05) is 13.1 Å². The largest absolute Gasteiger partial charge is 0.507 e. The van der Waals surface area contributed by atoms with Crippen LogP contribution in [0.25, 0.3) is 27.6 Å². The number of guanidine groups is 1. The van der Waals surface area contributed by atoms with Gasteiger partial charge < -0.3 is 42.3 Å². The van der Waals surface area contributed by atoms with Gasteiger partial charge in [0, 0.05) is 40.4 Å². The van der Waals surface area contributed by atoms with Crippen molar-refractivity contribution in [3.63, 3.8) is 0 Å². The SMILES string of the molecule is C=C(C)c1cnc2ccccc2c1-c1cc(C(=O)NC(C(=O)N2CC[C@H](C)[C@H]2C(=O)NC(C(=O)O)=C(C)C)C(Cl)C(O)CN=C(N)N)ccc1O. The van der Waals surface area contributed by atoms with Crippen molar-refractivity contribution in [2.24, 2.45) is 22.4 Å². The van der Waals surface area contributed by atoms with Gasteiger partial charge in [-0.15, -0.1) is 11.6 Å². The number of hydrogen-bond donors (Lipinski definition) is 7. The summed E-state index contributed by atoms with van der Waals surface area (Å²) in [7, 11) is 0. The second kappa shape index (κ2) is 16.0. The zero-order chi connectivity index (χ0) is 37.7. The van der Waals surface area contributed by atoms with Gasteiger partial charge >= 0.3 is 5.97 Å². The molecule has 0 radical (unpaired) electrons. The van der Waals surface area contributed by atoms with E-state index in [1.165, 1.54) is 36.9 Å². The Morgan fingerprint density at radius 3 is 2.45 bits per heavy atom. The molecule has 3 aromatic rings. The Morgan fingerprint density at radius 1 is 1.14 bits per heavy atom. The number of benzene rings is 2. The van der Waals surface area contributed by atoms with Gasteiger partial charge in [0.1, 0.15) is 23.5 Å². The van der Waals surface area contributed by atoms with E-state index in [1.54, 1.807) is 20.0 Å². The maximum atomic E-state index is 14.3. The second-order valence-corrected chi connectivity index (χ2v) is 13.2. The van der Waals surface area contributed by atoms with Crippen LogP contribution in [0.3, 0.4) is 0 Å². The Morgan fingerprint density at radius 2 is 1.82 bits per heavy atom. The summed E-state index contributed by atoms with van der Waals surface area (Å²) in [5, 5.41) is 35.8. The van der Waals surface area contributed by atoms with Gasteiger partial charge in [0.25, 0.3) is 5.91 Å². The number of rotatable bonds is 12. The molecule has 4 rings (SSSR count). The first kappa shape index (κ1) is 38.3. The number of alkyl halides is 1. The molecule has 14 nitrogen and oxygen atoms in total. The highest BCUT2D eigenvalue weighted by molar-refractivity contribution is 6.23. The number of carboxylic acids is 1. The number of carboxylic acid groups (broad SMARTS) is 1. The first-order valence-electron chi connectivity index (χ1n) is 16.1. The fourth-order valence-corrected chi connectivity index (χ4v) is 6.27. The Hall–Kier alpha value is -5.47. The molecule has 1 fully saturated rings. The number of likely N-dealkylation sites (tertiary alicyclic amines) is 1. The number of aromatic nitrogens is 1. The first-order chi connectivity index (χ1) is 24.0. The van der Waals surface area contributed by atoms with Crippen molar-refractivity contribution in [1.82, 2.24) is 20.5 Å². The van der Waals surface area contributed by atoms with Gasteiger partial charge in [-0.3, -0.25) is 24.4 Å². The lowest BCUT2D eigenvalue weighted by molar-refractivity contribution is -0.141. The van der Waals surface area contributed by atoms with Crippen LogP contribution in [-0.2, 0) is 14.4 Å². The number of halogens is 1. The highest BCUT2D eigenvalue weighted by atomic mass is 35.5. The van der Waals surface area contributed by atoms with Crippen LogP contribution >= 0.6 is 11.6 Å². The second-order valence-electron chi connectivity index (χ2n) is 12.7. The van der Waals surface area contributed by atoms with Crippen LogP contribution in [-0.4, -0.2) is 91.5 Å². The zero-order valence-electron chi connectivity index (χ0n) is 28.7. The van der Waals surface area contributed by atoms with E-state index in [0.717, 1.165) is 0 Å². The number of pyridine rings is 1. The number of para-hydroxylation sites is 1. The van der Waals surface area contributed by atoms with E-state index in [-0.39, 0.29) is 29.5 Å². The van der Waals surface area contributed by atoms with Crippen LogP contribution in [0, 0.1) is 5.92 Å². The average Bonchev–Trinajstić information content (AvgIpc) is 3.48. The molecular weight excluding hydrogens is 678 g/mol. The summed E-state index contributed by atoms with van der Waals surface area (Å²) in [4.78, 5) is 63.0. The third-order valence-corrected chi connectivity index (χ3v) is 9.22. The van der Waals surface area contributed by atoms with E-state index in [1.807, 2.05) is 24.3 Å². The highest BCUT2D eigenvalue weighted by Gasteiger charge is 2.45. The predicted molar refractivity (Wildman–Crippen MR) is 195 cm³/mol. The van der Waals surface area contributed by atoms with Crippen molar-refractivity contribution in [2.45, 2.75) is 57.7 Å². The van der Waals surface area contributed by atoms with Crippen LogP contribution in [0.15, 0.2) is 71.5 Å². The molecule has 15 heteroatoms. The summed E-state index contributed by atoms with van der Waals surface area (Å²) in [5.74, 6) is -4.51. The van der Waals surface area contributed by atoms with E-state index in [4.69, 9.17) is 23.1 Å². The Kier molecular flexibility index (Phi) is 12.1. The first-order valence-corrected chi connectivity index (χ1v) is 16.5. The molecule has 2 heterocycles. The van der Waals surface area contributed by atoms with Gasteiger partial charge in [0.2, 0.25) is 11.8 Å². The Labute approximate surface area is 299 Å². The Bertz CT molecular complexity index is 1940. The molecule has 1 aromatic heterocycles. The lowest BCUT2D eigenvalue weighted by Gasteiger charge is -2.33. The number of amides is 3. The monoisotopic (exact) mass is 719 g/mol. The fraction of sp³-hybridized carbons (Fsp3) is 0.333. The number of carbonyl (C=O) groups excluding carboxylic acids is 3. The summed E-state index contributed by atoms with van der Waals surface area (Å²) < 4.78 is 0. The zero-order valence-corrected chi connectivity index (χ0v) is 29.4. The van der Waals surface area contributed by atoms with Crippen molar-refractivity contribution >= 4 is 57.7 Å². The van der Waals surface area contributed by atoms with Crippen LogP contribution in [0.5, 0.6) is 5.75 Å². The van der Waals surface area contributed by atoms with Crippen LogP contribution in [0.1, 0.15) is 50.0 Å². The van der Waals surface area contributed by atoms with Crippen molar-refractivity contribution in [1.29, 1.82) is 0 Å². The van der Waals surface area contributed by atoms with E-state index in [9.17, 15) is 34.5 Å². The molecule has 5 atom stereocenters. The minimum Gasteiger partial charge on any atom is -0.507 e. The van der Waals surface area contributed by atoms with Gasteiger partial charge in [0.15, 0.2) is 5.96 Å². The molecule has 1 aliphatic heterocycles. The van der Waals surface area contributed by atoms with Crippen molar-refractivity contribution in [3.8, 4) is 16.9 Å². The van der Waals surface area contributed by atoms with E-state index >= 15 is 0 Å². The molecule has 9 N–H and O–H groups in total. The highest BCUT2D eigenvalue weighted by Crippen LogP contribution is 2.39. The topological polar surface area (TPSA) is 234 Å². The molecule has 0 aliphatic carbocycles. The van der Waals surface area contributed by atoms with Gasteiger partial charge in [-0.25, -0.2) is 4.79 Å². The molecule has 270 valence electrons. The molecule has 1 aliphatic rings. The average molecular weight is 720 g/mol. The van der Waals surface area contributed by atoms with Gasteiger partial charge in [-0.1, -0.05) is 31.7 Å². The fourth-order valence-electron chi connectivity index (χ4n) is 6.02. The number of aliphatic carboxylic acids is 1. The van der Waals surface area contributed by atoms with Crippen molar-refractivity contribution in [3.05, 3.63) is 77.6 Å². The minimum atomic E-state index is -1.61. The van der Waals surface area contributed by atoms with Crippen molar-refractivity contribution < 1.29 is 34.5 Å². The Balaban J connectivity index is 1.74. The van der Waals surface area contributed by atoms with Gasteiger partial charge in [0.05, 0.1) is 23.5 Å². The minimum absolute atomic E-state index is 0.0375. The molecular formula is C36H42ClN7O7. The number of phenols is 1. The third-order valence-electron chi connectivity index (χ3n) is 8.68. The number of hydrogen-bond acceptors (Lipinski definition) is 8. The maximum Gasteiger partial charge on any atom is 0.352 e. The number of nitrogens with two attached hydrogens (primary N) is 2. The number of aliphatic hydroxyl groups excluding tert-OH is 1. The number of allylic oxidation sites excluding steroid dienone is 2. The molecule has 0 bridgehead atoms. The number of nitrogens with one attached hydrogen (secondary N) is 2. The summed E-state index contributed by atoms with van der Waals surface area (Å²) in [6, 6.07) is 8.72. The molecule has 3 amide bonds. The molecule has 3 unspecified atom stereocenters. The van der Waals surface area contributed by atoms with Crippen LogP contribution in [0.4, 0.5) is 0 Å².